The summed E-state index contributed by atoms with van der Waals surface area (Å²) in [6.45, 7) is 0.447. The Morgan fingerprint density at radius 3 is 1.93 bits per heavy atom. The molecule has 0 saturated heterocycles. The smallest absolute Gasteiger partial charge is 0.326 e. The number of carboxylic acids is 1. The minimum Gasteiger partial charge on any atom is -0.480 e. The second kappa shape index (κ2) is 12.6. The fourth-order valence-electron chi connectivity index (χ4n) is 2.15. The molecule has 4 amide bonds. The molecule has 0 aliphatic heterocycles. The van der Waals surface area contributed by atoms with Gasteiger partial charge in [-0.05, 0) is 25.8 Å². The Kier molecular flexibility index (Phi) is 11.3. The summed E-state index contributed by atoms with van der Waals surface area (Å²) in [7, 11) is 0. The van der Waals surface area contributed by atoms with Gasteiger partial charge in [-0.25, -0.2) is 4.79 Å². The molecule has 0 aliphatic carbocycles. The first kappa shape index (κ1) is 24.3. The Hall–Kier alpha value is -2.73. The van der Waals surface area contributed by atoms with Gasteiger partial charge in [-0.1, -0.05) is 6.42 Å². The molecule has 0 saturated carbocycles. The van der Waals surface area contributed by atoms with Gasteiger partial charge in [0.05, 0.1) is 12.5 Å². The van der Waals surface area contributed by atoms with E-state index in [1.165, 1.54) is 0 Å². The van der Waals surface area contributed by atoms with Gasteiger partial charge in [0, 0.05) is 6.42 Å². The van der Waals surface area contributed by atoms with Gasteiger partial charge in [0.2, 0.25) is 23.6 Å². The molecule has 0 bridgehead atoms. The molecule has 11 N–H and O–H groups in total. The molecule has 0 heterocycles. The summed E-state index contributed by atoms with van der Waals surface area (Å²) < 4.78 is 0. The second-order valence-corrected chi connectivity index (χ2v) is 6.03. The Morgan fingerprint density at radius 1 is 0.852 bits per heavy atom. The standard InChI is InChI=1S/C15H28N6O6/c16-6-2-1-3-8(17)13(24)21-10(7-12(19)23)14(25)20-9(15(26)27)4-5-11(18)22/h8-10H,1-7,16-17H2,(H2,18,22)(H2,19,23)(H,20,25)(H,21,24)(H,26,27). The van der Waals surface area contributed by atoms with Gasteiger partial charge in [-0.15, -0.1) is 0 Å². The summed E-state index contributed by atoms with van der Waals surface area (Å²) in [6.07, 6.45) is 0.542. The molecule has 27 heavy (non-hydrogen) atoms. The van der Waals surface area contributed by atoms with Gasteiger partial charge in [0.25, 0.3) is 0 Å². The normalized spacial score (nSPS) is 13.9. The number of primary amides is 2. The zero-order valence-electron chi connectivity index (χ0n) is 15.0. The highest BCUT2D eigenvalue weighted by atomic mass is 16.4. The van der Waals surface area contributed by atoms with Crippen molar-refractivity contribution in [1.29, 1.82) is 0 Å². The maximum Gasteiger partial charge on any atom is 0.326 e. The number of unbranched alkanes of at least 4 members (excludes halogenated alkanes) is 1. The number of hydrogen-bond acceptors (Lipinski definition) is 7. The highest BCUT2D eigenvalue weighted by Gasteiger charge is 2.29. The fraction of sp³-hybridized carbons (Fsp3) is 0.667. The first-order valence-corrected chi connectivity index (χ1v) is 8.44. The minimum atomic E-state index is -1.42. The molecule has 12 heteroatoms. The van der Waals surface area contributed by atoms with Crippen LogP contribution >= 0.6 is 0 Å². The topological polar surface area (TPSA) is 234 Å². The molecule has 12 nitrogen and oxygen atoms in total. The number of rotatable bonds is 14. The second-order valence-electron chi connectivity index (χ2n) is 6.03. The monoisotopic (exact) mass is 388 g/mol. The zero-order chi connectivity index (χ0) is 21.0. The Balaban J connectivity index is 4.96. The summed E-state index contributed by atoms with van der Waals surface area (Å²) in [4.78, 5) is 57.5. The molecule has 0 aliphatic rings. The van der Waals surface area contributed by atoms with Gasteiger partial charge >= 0.3 is 5.97 Å². The highest BCUT2D eigenvalue weighted by molar-refractivity contribution is 5.94. The van der Waals surface area contributed by atoms with E-state index in [9.17, 15) is 24.0 Å². The number of carbonyl (C=O) groups excluding carboxylic acids is 4. The lowest BCUT2D eigenvalue weighted by Gasteiger charge is -2.22. The number of aliphatic carboxylic acids is 1. The number of amides is 4. The number of nitrogens with one attached hydrogen (secondary N) is 2. The maximum absolute atomic E-state index is 12.3. The number of carbonyl (C=O) groups is 5. The van der Waals surface area contributed by atoms with Crippen molar-refractivity contribution in [3.63, 3.8) is 0 Å². The Labute approximate surface area is 156 Å². The van der Waals surface area contributed by atoms with Crippen molar-refractivity contribution in [2.75, 3.05) is 6.54 Å². The van der Waals surface area contributed by atoms with Gasteiger partial charge in [0.15, 0.2) is 0 Å². The average molecular weight is 388 g/mol. The predicted molar refractivity (Wildman–Crippen MR) is 94.6 cm³/mol. The molecule has 0 fully saturated rings. The Morgan fingerprint density at radius 2 is 1.44 bits per heavy atom. The summed E-state index contributed by atoms with van der Waals surface area (Å²) in [5.74, 6) is -4.63. The molecular formula is C15H28N6O6. The van der Waals surface area contributed by atoms with Crippen LogP contribution in [0, 0.1) is 0 Å². The van der Waals surface area contributed by atoms with Crippen LogP contribution in [0.25, 0.3) is 0 Å². The van der Waals surface area contributed by atoms with Crippen LogP contribution in [0.4, 0.5) is 0 Å². The summed E-state index contributed by atoms with van der Waals surface area (Å²) in [5, 5.41) is 13.6. The molecule has 0 rings (SSSR count). The van der Waals surface area contributed by atoms with E-state index in [0.717, 1.165) is 0 Å². The molecule has 0 radical (unpaired) electrons. The third-order valence-electron chi connectivity index (χ3n) is 3.64. The lowest BCUT2D eigenvalue weighted by atomic mass is 10.1. The molecule has 3 atom stereocenters. The summed E-state index contributed by atoms with van der Waals surface area (Å²) in [5.41, 5.74) is 21.1. The largest absolute Gasteiger partial charge is 0.480 e. The molecular weight excluding hydrogens is 360 g/mol. The van der Waals surface area contributed by atoms with Gasteiger partial charge < -0.3 is 38.7 Å². The van der Waals surface area contributed by atoms with E-state index in [4.69, 9.17) is 28.0 Å². The van der Waals surface area contributed by atoms with E-state index in [2.05, 4.69) is 10.6 Å². The van der Waals surface area contributed by atoms with Crippen LogP contribution in [0.2, 0.25) is 0 Å². The van der Waals surface area contributed by atoms with Crippen molar-refractivity contribution >= 4 is 29.6 Å². The van der Waals surface area contributed by atoms with E-state index in [1.54, 1.807) is 0 Å². The molecule has 0 spiro atoms. The van der Waals surface area contributed by atoms with Crippen LogP contribution in [0.3, 0.4) is 0 Å². The van der Waals surface area contributed by atoms with Gasteiger partial charge in [-0.3, -0.25) is 19.2 Å². The van der Waals surface area contributed by atoms with Crippen molar-refractivity contribution in [1.82, 2.24) is 10.6 Å². The van der Waals surface area contributed by atoms with Crippen LogP contribution in [-0.4, -0.2) is 59.4 Å². The van der Waals surface area contributed by atoms with Crippen molar-refractivity contribution in [3.8, 4) is 0 Å². The Bertz CT molecular complexity index is 555. The van der Waals surface area contributed by atoms with Gasteiger partial charge in [-0.2, -0.15) is 0 Å². The van der Waals surface area contributed by atoms with Crippen LogP contribution < -0.4 is 33.6 Å². The van der Waals surface area contributed by atoms with Crippen molar-refractivity contribution in [3.05, 3.63) is 0 Å². The van der Waals surface area contributed by atoms with Crippen LogP contribution in [0.1, 0.15) is 38.5 Å². The number of hydrogen-bond donors (Lipinski definition) is 7. The zero-order valence-corrected chi connectivity index (χ0v) is 15.0. The van der Waals surface area contributed by atoms with Crippen molar-refractivity contribution in [2.24, 2.45) is 22.9 Å². The lowest BCUT2D eigenvalue weighted by Crippen LogP contribution is -2.55. The van der Waals surface area contributed by atoms with E-state index in [1.807, 2.05) is 0 Å². The summed E-state index contributed by atoms with van der Waals surface area (Å²) in [6, 6.07) is -3.74. The van der Waals surface area contributed by atoms with E-state index in [-0.39, 0.29) is 12.8 Å². The highest BCUT2D eigenvalue weighted by Crippen LogP contribution is 2.03. The quantitative estimate of drug-likeness (QED) is 0.148. The maximum atomic E-state index is 12.3. The van der Waals surface area contributed by atoms with E-state index < -0.39 is 54.1 Å². The molecule has 0 aromatic rings. The fourth-order valence-corrected chi connectivity index (χ4v) is 2.15. The van der Waals surface area contributed by atoms with E-state index in [0.29, 0.717) is 25.8 Å². The van der Waals surface area contributed by atoms with Crippen LogP contribution in [0.5, 0.6) is 0 Å². The third kappa shape index (κ3) is 10.8. The lowest BCUT2D eigenvalue weighted by molar-refractivity contribution is -0.142. The third-order valence-corrected chi connectivity index (χ3v) is 3.64. The molecule has 0 aromatic carbocycles. The minimum absolute atomic E-state index is 0.244. The van der Waals surface area contributed by atoms with Crippen molar-refractivity contribution in [2.45, 2.75) is 56.7 Å². The summed E-state index contributed by atoms with van der Waals surface area (Å²) >= 11 is 0. The van der Waals surface area contributed by atoms with Gasteiger partial charge in [0.1, 0.15) is 12.1 Å². The number of nitrogens with two attached hydrogens (primary N) is 4. The average Bonchev–Trinajstić information content (AvgIpc) is 2.56. The molecule has 154 valence electrons. The van der Waals surface area contributed by atoms with Crippen LogP contribution in [0.15, 0.2) is 0 Å². The number of carboxylic acid groups (broad SMARTS) is 1. The first-order valence-electron chi connectivity index (χ1n) is 8.44. The first-order chi connectivity index (χ1) is 12.6. The SMILES string of the molecule is NCCCCC(N)C(=O)NC(CC(N)=O)C(=O)NC(CCC(N)=O)C(=O)O. The predicted octanol–water partition coefficient (Wildman–Crippen LogP) is -3.36. The van der Waals surface area contributed by atoms with Crippen LogP contribution in [-0.2, 0) is 24.0 Å². The molecule has 3 unspecified atom stereocenters. The van der Waals surface area contributed by atoms with E-state index >= 15 is 0 Å². The van der Waals surface area contributed by atoms with Crippen molar-refractivity contribution < 1.29 is 29.1 Å². The molecule has 0 aromatic heterocycles.